The minimum absolute atomic E-state index is 0.291. The van der Waals surface area contributed by atoms with Gasteiger partial charge in [-0.3, -0.25) is 9.89 Å². The van der Waals surface area contributed by atoms with E-state index in [9.17, 15) is 4.39 Å². The number of nitrogens with zero attached hydrogens (tertiary/aromatic N) is 3. The quantitative estimate of drug-likeness (QED) is 0.172. The second kappa shape index (κ2) is 11.9. The number of halogens is 1. The number of rotatable bonds is 9. The number of amidine groups is 1. The van der Waals surface area contributed by atoms with Crippen molar-refractivity contribution >= 4 is 34.6 Å². The number of hydrogen-bond acceptors (Lipinski definition) is 6. The number of ether oxygens (including phenoxy) is 1. The van der Waals surface area contributed by atoms with Crippen molar-refractivity contribution in [2.75, 3.05) is 19.1 Å². The number of aliphatic imine (C=N–C) groups is 1. The summed E-state index contributed by atoms with van der Waals surface area (Å²) in [6.07, 6.45) is 4.67. The largest absolute Gasteiger partial charge is 0.495 e. The molecule has 4 rings (SSSR count). The molecule has 0 fully saturated rings. The molecule has 0 radical (unpaired) electrons. The molecule has 0 atom stereocenters. The Kier molecular flexibility index (Phi) is 8.39. The van der Waals surface area contributed by atoms with Crippen molar-refractivity contribution in [2.24, 2.45) is 4.99 Å². The van der Waals surface area contributed by atoms with Gasteiger partial charge in [-0.15, -0.1) is 23.1 Å². The number of thiophene rings is 1. The number of oxazole rings is 1. The number of thioether (sulfide) groups is 1. The normalized spacial score (nSPS) is 12.1. The third-order valence-corrected chi connectivity index (χ3v) is 7.05. The first kappa shape index (κ1) is 24.8. The lowest BCUT2D eigenvalue weighted by Gasteiger charge is -2.29. The molecule has 8 heteroatoms. The summed E-state index contributed by atoms with van der Waals surface area (Å²) in [5.74, 6) is 2.36. The van der Waals surface area contributed by atoms with Crippen LogP contribution in [0.1, 0.15) is 23.9 Å². The fourth-order valence-corrected chi connectivity index (χ4v) is 5.29. The first-order valence-electron chi connectivity index (χ1n) is 11.1. The standard InChI is InChI=1S/C27H26FN3O2S2/c1-4-8-25(35-18-21-17-33-27(30-21)19-12-14-20(28)15-13-19)31(22-9-5-6-10-23(22)32-3)26(29-2)24-11-7-16-34-24/h5-17H,4,18H2,1-3H3. The van der Waals surface area contributed by atoms with Crippen molar-refractivity contribution in [1.29, 1.82) is 0 Å². The highest BCUT2D eigenvalue weighted by Crippen LogP contribution is 2.37. The number of benzene rings is 2. The van der Waals surface area contributed by atoms with Gasteiger partial charge in [0.1, 0.15) is 17.8 Å². The Labute approximate surface area is 213 Å². The molecule has 0 saturated heterocycles. The third kappa shape index (κ3) is 5.83. The lowest BCUT2D eigenvalue weighted by molar-refractivity contribution is 0.416. The van der Waals surface area contributed by atoms with Gasteiger partial charge < -0.3 is 9.15 Å². The molecule has 0 unspecified atom stereocenters. The van der Waals surface area contributed by atoms with Crippen LogP contribution >= 0.6 is 23.1 Å². The van der Waals surface area contributed by atoms with E-state index in [-0.39, 0.29) is 5.82 Å². The highest BCUT2D eigenvalue weighted by atomic mass is 32.2. The Morgan fingerprint density at radius 3 is 2.66 bits per heavy atom. The molecule has 0 bridgehead atoms. The summed E-state index contributed by atoms with van der Waals surface area (Å²) < 4.78 is 24.6. The van der Waals surface area contributed by atoms with Gasteiger partial charge in [0.25, 0.3) is 0 Å². The Bertz CT molecular complexity index is 1300. The maximum absolute atomic E-state index is 13.3. The van der Waals surface area contributed by atoms with Gasteiger partial charge in [-0.25, -0.2) is 9.37 Å². The second-order valence-electron chi connectivity index (χ2n) is 7.42. The van der Waals surface area contributed by atoms with Gasteiger partial charge in [-0.2, -0.15) is 0 Å². The van der Waals surface area contributed by atoms with Crippen LogP contribution < -0.4 is 9.64 Å². The average molecular weight is 508 g/mol. The first-order chi connectivity index (χ1) is 17.1. The van der Waals surface area contributed by atoms with E-state index in [1.165, 1.54) is 12.1 Å². The van der Waals surface area contributed by atoms with Crippen LogP contribution in [0.2, 0.25) is 0 Å². The first-order valence-corrected chi connectivity index (χ1v) is 13.0. The van der Waals surface area contributed by atoms with Gasteiger partial charge in [0.15, 0.2) is 5.84 Å². The van der Waals surface area contributed by atoms with Crippen molar-refractivity contribution in [2.45, 2.75) is 19.1 Å². The fraction of sp³-hybridized carbons (Fsp3) is 0.185. The molecule has 35 heavy (non-hydrogen) atoms. The van der Waals surface area contributed by atoms with Crippen LogP contribution in [-0.2, 0) is 5.75 Å². The van der Waals surface area contributed by atoms with Crippen LogP contribution in [0.4, 0.5) is 10.1 Å². The molecular formula is C27H26FN3O2S2. The van der Waals surface area contributed by atoms with E-state index in [0.717, 1.165) is 44.9 Å². The molecule has 5 nitrogen and oxygen atoms in total. The van der Waals surface area contributed by atoms with E-state index in [1.54, 1.807) is 55.7 Å². The van der Waals surface area contributed by atoms with Gasteiger partial charge in [0.2, 0.25) is 5.89 Å². The Morgan fingerprint density at radius 1 is 1.17 bits per heavy atom. The molecule has 0 saturated carbocycles. The zero-order valence-electron chi connectivity index (χ0n) is 19.8. The summed E-state index contributed by atoms with van der Waals surface area (Å²) in [4.78, 5) is 12.5. The molecule has 0 aliphatic rings. The van der Waals surface area contributed by atoms with Crippen molar-refractivity contribution in [3.8, 4) is 17.2 Å². The number of allylic oxidation sites excluding steroid dienone is 1. The molecule has 0 amide bonds. The minimum atomic E-state index is -0.291. The molecular weight excluding hydrogens is 481 g/mol. The number of hydrogen-bond donors (Lipinski definition) is 0. The van der Waals surface area contributed by atoms with E-state index in [0.29, 0.717) is 11.6 Å². The summed E-state index contributed by atoms with van der Waals surface area (Å²) in [6, 6.07) is 18.1. The Morgan fingerprint density at radius 2 is 1.97 bits per heavy atom. The second-order valence-corrected chi connectivity index (χ2v) is 9.37. The van der Waals surface area contributed by atoms with Crippen LogP contribution in [0.3, 0.4) is 0 Å². The van der Waals surface area contributed by atoms with E-state index in [2.05, 4.69) is 33.9 Å². The smallest absolute Gasteiger partial charge is 0.226 e. The van der Waals surface area contributed by atoms with Crippen LogP contribution in [0.5, 0.6) is 5.75 Å². The molecule has 2 heterocycles. The topological polar surface area (TPSA) is 50.9 Å². The zero-order valence-corrected chi connectivity index (χ0v) is 21.4. The SMILES string of the molecule is CCC=C(SCc1coc(-c2ccc(F)cc2)n1)N(C(=NC)c1cccs1)c1ccccc1OC. The molecule has 2 aromatic heterocycles. The minimum Gasteiger partial charge on any atom is -0.495 e. The fourth-order valence-electron chi connectivity index (χ4n) is 3.51. The highest BCUT2D eigenvalue weighted by Gasteiger charge is 2.24. The Balaban J connectivity index is 1.66. The van der Waals surface area contributed by atoms with Crippen molar-refractivity contribution in [1.82, 2.24) is 4.98 Å². The molecule has 180 valence electrons. The maximum Gasteiger partial charge on any atom is 0.226 e. The van der Waals surface area contributed by atoms with Gasteiger partial charge in [-0.05, 0) is 54.3 Å². The van der Waals surface area contributed by atoms with Gasteiger partial charge in [-0.1, -0.05) is 31.2 Å². The van der Waals surface area contributed by atoms with Crippen LogP contribution in [-0.4, -0.2) is 25.0 Å². The number of para-hydroxylation sites is 2. The highest BCUT2D eigenvalue weighted by molar-refractivity contribution is 8.02. The molecule has 0 aliphatic heterocycles. The van der Waals surface area contributed by atoms with E-state index in [1.807, 2.05) is 35.7 Å². The van der Waals surface area contributed by atoms with Crippen LogP contribution in [0.25, 0.3) is 11.5 Å². The monoisotopic (exact) mass is 507 g/mol. The summed E-state index contributed by atoms with van der Waals surface area (Å²) in [5.41, 5.74) is 2.44. The zero-order chi connectivity index (χ0) is 24.6. The summed E-state index contributed by atoms with van der Waals surface area (Å²) >= 11 is 3.29. The molecule has 4 aromatic rings. The lowest BCUT2D eigenvalue weighted by atomic mass is 10.2. The van der Waals surface area contributed by atoms with Gasteiger partial charge in [0, 0.05) is 18.4 Å². The van der Waals surface area contributed by atoms with E-state index in [4.69, 9.17) is 9.15 Å². The van der Waals surface area contributed by atoms with E-state index < -0.39 is 0 Å². The van der Waals surface area contributed by atoms with Crippen molar-refractivity contribution < 1.29 is 13.5 Å². The lowest BCUT2D eigenvalue weighted by Crippen LogP contribution is -2.30. The maximum atomic E-state index is 13.3. The number of methoxy groups -OCH3 is 1. The number of aromatic nitrogens is 1. The van der Waals surface area contributed by atoms with Gasteiger partial charge in [0.05, 0.1) is 28.4 Å². The predicted octanol–water partition coefficient (Wildman–Crippen LogP) is 7.62. The molecule has 2 aromatic carbocycles. The molecule has 0 spiro atoms. The van der Waals surface area contributed by atoms with Crippen LogP contribution in [0.15, 0.2) is 92.8 Å². The molecule has 0 aliphatic carbocycles. The van der Waals surface area contributed by atoms with E-state index >= 15 is 0 Å². The van der Waals surface area contributed by atoms with Crippen molar-refractivity contribution in [3.05, 3.63) is 99.8 Å². The summed E-state index contributed by atoms with van der Waals surface area (Å²) in [7, 11) is 3.48. The average Bonchev–Trinajstić information content (AvgIpc) is 3.58. The molecule has 0 N–H and O–H groups in total. The third-order valence-electron chi connectivity index (χ3n) is 5.10. The predicted molar refractivity (Wildman–Crippen MR) is 144 cm³/mol. The Hall–Kier alpha value is -3.36. The summed E-state index contributed by atoms with van der Waals surface area (Å²) in [5, 5.41) is 3.06. The summed E-state index contributed by atoms with van der Waals surface area (Å²) in [6.45, 7) is 2.11. The van der Waals surface area contributed by atoms with Crippen LogP contribution in [0, 0.1) is 5.82 Å². The van der Waals surface area contributed by atoms with Gasteiger partial charge >= 0.3 is 0 Å². The van der Waals surface area contributed by atoms with Crippen molar-refractivity contribution in [3.63, 3.8) is 0 Å². The number of anilines is 1.